The molecule has 0 aromatic heterocycles. The smallest absolute Gasteiger partial charge is 0.414 e. The molecular weight excluding hydrogens is 467 g/mol. The number of halogens is 1. The van der Waals surface area contributed by atoms with Gasteiger partial charge in [0.1, 0.15) is 18.5 Å². The SMILES string of the molecule is CC(=O)NCC1CN(c2ccc(N3CC(C)C(NC(=O)COCc4ccccc4)C3)c(F)c2)C(=O)O1. The van der Waals surface area contributed by atoms with E-state index in [0.717, 1.165) is 5.56 Å². The van der Waals surface area contributed by atoms with Gasteiger partial charge in [0, 0.05) is 20.0 Å². The highest BCUT2D eigenvalue weighted by molar-refractivity contribution is 5.90. The zero-order valence-corrected chi connectivity index (χ0v) is 20.4. The first-order valence-corrected chi connectivity index (χ1v) is 12.0. The van der Waals surface area contributed by atoms with E-state index in [2.05, 4.69) is 10.6 Å². The lowest BCUT2D eigenvalue weighted by atomic mass is 10.1. The van der Waals surface area contributed by atoms with E-state index in [1.54, 1.807) is 12.1 Å². The van der Waals surface area contributed by atoms with E-state index in [9.17, 15) is 14.4 Å². The van der Waals surface area contributed by atoms with E-state index >= 15 is 4.39 Å². The Morgan fingerprint density at radius 2 is 1.92 bits per heavy atom. The summed E-state index contributed by atoms with van der Waals surface area (Å²) in [5.74, 6) is -0.767. The van der Waals surface area contributed by atoms with E-state index in [1.807, 2.05) is 42.2 Å². The summed E-state index contributed by atoms with van der Waals surface area (Å²) in [5, 5.41) is 5.61. The number of benzene rings is 2. The lowest BCUT2D eigenvalue weighted by Gasteiger charge is -2.21. The number of cyclic esters (lactones) is 1. The number of ether oxygens (including phenoxy) is 2. The van der Waals surface area contributed by atoms with Crippen LogP contribution in [0.3, 0.4) is 0 Å². The highest BCUT2D eigenvalue weighted by Crippen LogP contribution is 2.31. The lowest BCUT2D eigenvalue weighted by Crippen LogP contribution is -2.41. The summed E-state index contributed by atoms with van der Waals surface area (Å²) < 4.78 is 25.9. The van der Waals surface area contributed by atoms with Gasteiger partial charge in [-0.1, -0.05) is 37.3 Å². The average molecular weight is 499 g/mol. The topological polar surface area (TPSA) is 100 Å². The van der Waals surface area contributed by atoms with Crippen LogP contribution in [0.2, 0.25) is 0 Å². The molecule has 2 aliphatic heterocycles. The zero-order chi connectivity index (χ0) is 25.7. The van der Waals surface area contributed by atoms with Crippen molar-refractivity contribution in [1.29, 1.82) is 0 Å². The molecule has 0 spiro atoms. The molecule has 2 fully saturated rings. The van der Waals surface area contributed by atoms with Gasteiger partial charge in [-0.25, -0.2) is 9.18 Å². The molecule has 0 bridgehead atoms. The van der Waals surface area contributed by atoms with Gasteiger partial charge in [-0.3, -0.25) is 14.5 Å². The van der Waals surface area contributed by atoms with Crippen LogP contribution in [0.5, 0.6) is 0 Å². The molecule has 9 nitrogen and oxygen atoms in total. The minimum Gasteiger partial charge on any atom is -0.442 e. The van der Waals surface area contributed by atoms with Crippen molar-refractivity contribution in [3.63, 3.8) is 0 Å². The standard InChI is InChI=1S/C26H31FN4O5/c1-17-12-30(14-23(17)29-25(33)16-35-15-19-6-4-3-5-7-19)24-9-8-20(10-22(24)27)31-13-21(36-26(31)34)11-28-18(2)32/h3-10,17,21,23H,11-16H2,1-2H3,(H,28,32)(H,29,33). The maximum atomic E-state index is 15.1. The average Bonchev–Trinajstić information content (AvgIpc) is 3.40. The van der Waals surface area contributed by atoms with Gasteiger partial charge in [0.25, 0.3) is 0 Å². The maximum Gasteiger partial charge on any atom is 0.414 e. The molecule has 2 aromatic rings. The highest BCUT2D eigenvalue weighted by atomic mass is 19.1. The van der Waals surface area contributed by atoms with Gasteiger partial charge in [0.05, 0.1) is 37.1 Å². The number of anilines is 2. The van der Waals surface area contributed by atoms with Crippen molar-refractivity contribution in [3.8, 4) is 0 Å². The second-order valence-electron chi connectivity index (χ2n) is 9.22. The van der Waals surface area contributed by atoms with E-state index in [-0.39, 0.29) is 43.5 Å². The molecule has 2 N–H and O–H groups in total. The minimum atomic E-state index is -0.579. The number of hydrogen-bond acceptors (Lipinski definition) is 6. The Balaban J connectivity index is 1.30. The number of nitrogens with one attached hydrogen (secondary N) is 2. The normalized spacial score (nSPS) is 21.4. The van der Waals surface area contributed by atoms with Gasteiger partial charge in [-0.15, -0.1) is 0 Å². The molecule has 192 valence electrons. The number of rotatable bonds is 9. The Morgan fingerprint density at radius 3 is 2.64 bits per heavy atom. The minimum absolute atomic E-state index is 0.0456. The van der Waals surface area contributed by atoms with Crippen molar-refractivity contribution in [2.24, 2.45) is 5.92 Å². The van der Waals surface area contributed by atoms with Crippen molar-refractivity contribution in [2.75, 3.05) is 42.6 Å². The van der Waals surface area contributed by atoms with E-state index < -0.39 is 18.0 Å². The van der Waals surface area contributed by atoms with E-state index in [4.69, 9.17) is 9.47 Å². The van der Waals surface area contributed by atoms with Crippen molar-refractivity contribution in [3.05, 3.63) is 59.9 Å². The number of carbonyl (C=O) groups excluding carboxylic acids is 3. The fourth-order valence-corrected chi connectivity index (χ4v) is 4.45. The summed E-state index contributed by atoms with van der Waals surface area (Å²) >= 11 is 0. The van der Waals surface area contributed by atoms with Gasteiger partial charge in [-0.05, 0) is 29.7 Å². The molecule has 3 atom stereocenters. The monoisotopic (exact) mass is 498 g/mol. The largest absolute Gasteiger partial charge is 0.442 e. The van der Waals surface area contributed by atoms with Gasteiger partial charge >= 0.3 is 6.09 Å². The first-order valence-electron chi connectivity index (χ1n) is 12.0. The molecule has 2 aliphatic rings. The Hall–Kier alpha value is -3.66. The molecular formula is C26H31FN4O5. The Kier molecular flexibility index (Phi) is 8.04. The molecule has 3 unspecified atom stereocenters. The van der Waals surface area contributed by atoms with Crippen LogP contribution in [0.15, 0.2) is 48.5 Å². The van der Waals surface area contributed by atoms with Crippen LogP contribution >= 0.6 is 0 Å². The molecule has 2 heterocycles. The summed E-state index contributed by atoms with van der Waals surface area (Å²) in [6.45, 7) is 5.18. The lowest BCUT2D eigenvalue weighted by molar-refractivity contribution is -0.127. The summed E-state index contributed by atoms with van der Waals surface area (Å²) in [5.41, 5.74) is 1.79. The van der Waals surface area contributed by atoms with Crippen molar-refractivity contribution >= 4 is 29.3 Å². The number of hydrogen-bond donors (Lipinski definition) is 2. The van der Waals surface area contributed by atoms with Gasteiger partial charge in [0.2, 0.25) is 11.8 Å². The van der Waals surface area contributed by atoms with Crippen LogP contribution in [0, 0.1) is 11.7 Å². The molecule has 36 heavy (non-hydrogen) atoms. The van der Waals surface area contributed by atoms with Crippen LogP contribution < -0.4 is 20.4 Å². The van der Waals surface area contributed by atoms with Gasteiger partial charge < -0.3 is 25.0 Å². The van der Waals surface area contributed by atoms with Crippen LogP contribution in [0.1, 0.15) is 19.4 Å². The first kappa shape index (κ1) is 25.4. The molecule has 4 rings (SSSR count). The number of amides is 3. The summed E-state index contributed by atoms with van der Waals surface area (Å²) in [4.78, 5) is 39.0. The predicted molar refractivity (Wildman–Crippen MR) is 132 cm³/mol. The van der Waals surface area contributed by atoms with Gasteiger partial charge in [0.15, 0.2) is 0 Å². The van der Waals surface area contributed by atoms with Crippen molar-refractivity contribution < 1.29 is 28.2 Å². The zero-order valence-electron chi connectivity index (χ0n) is 20.4. The molecule has 2 aromatic carbocycles. The van der Waals surface area contributed by atoms with E-state index in [1.165, 1.54) is 17.9 Å². The molecule has 0 radical (unpaired) electrons. The molecule has 2 saturated heterocycles. The van der Waals surface area contributed by atoms with Crippen molar-refractivity contribution in [2.45, 2.75) is 32.6 Å². The number of nitrogens with zero attached hydrogens (tertiary/aromatic N) is 2. The van der Waals surface area contributed by atoms with Crippen LogP contribution in [0.4, 0.5) is 20.6 Å². The van der Waals surface area contributed by atoms with Crippen molar-refractivity contribution in [1.82, 2.24) is 10.6 Å². The Morgan fingerprint density at radius 1 is 1.14 bits per heavy atom. The third-order valence-corrected chi connectivity index (χ3v) is 6.34. The number of carbonyl (C=O) groups is 3. The summed E-state index contributed by atoms with van der Waals surface area (Å²) in [7, 11) is 0. The van der Waals surface area contributed by atoms with Crippen LogP contribution in [-0.2, 0) is 25.7 Å². The van der Waals surface area contributed by atoms with Crippen LogP contribution in [0.25, 0.3) is 0 Å². The molecule has 3 amide bonds. The second-order valence-corrected chi connectivity index (χ2v) is 9.22. The molecule has 0 aliphatic carbocycles. The third kappa shape index (κ3) is 6.31. The molecule has 0 saturated carbocycles. The quantitative estimate of drug-likeness (QED) is 0.551. The van der Waals surface area contributed by atoms with Crippen LogP contribution in [-0.4, -0.2) is 62.8 Å². The fraction of sp³-hybridized carbons (Fsp3) is 0.423. The highest BCUT2D eigenvalue weighted by Gasteiger charge is 2.34. The summed E-state index contributed by atoms with van der Waals surface area (Å²) in [6, 6.07) is 14.1. The van der Waals surface area contributed by atoms with E-state index in [0.29, 0.717) is 31.1 Å². The Bertz CT molecular complexity index is 1100. The third-order valence-electron chi connectivity index (χ3n) is 6.34. The molecule has 10 heteroatoms. The second kappa shape index (κ2) is 11.4. The first-order chi connectivity index (χ1) is 17.3. The summed E-state index contributed by atoms with van der Waals surface area (Å²) in [6.07, 6.45) is -1.07. The Labute approximate surface area is 209 Å². The predicted octanol–water partition coefficient (Wildman–Crippen LogP) is 2.44. The van der Waals surface area contributed by atoms with Gasteiger partial charge in [-0.2, -0.15) is 0 Å². The fourth-order valence-electron chi connectivity index (χ4n) is 4.45. The maximum absolute atomic E-state index is 15.1.